The minimum Gasteiger partial charge on any atom is -0.322 e. The van der Waals surface area contributed by atoms with Crippen molar-refractivity contribution >= 4 is 0 Å². The Hall–Kier alpha value is -1.36. The van der Waals surface area contributed by atoms with E-state index in [4.69, 9.17) is 5.73 Å². The van der Waals surface area contributed by atoms with Crippen LogP contribution in [-0.2, 0) is 0 Å². The van der Waals surface area contributed by atoms with Gasteiger partial charge < -0.3 is 5.73 Å². The largest absolute Gasteiger partial charge is 0.322 e. The van der Waals surface area contributed by atoms with Gasteiger partial charge in [0.2, 0.25) is 5.95 Å². The maximum atomic E-state index is 13.0. The van der Waals surface area contributed by atoms with Gasteiger partial charge in [0.25, 0.3) is 0 Å². The standard InChI is InChI=1S/C9H9F3N2/c1-2-3-7(13)8-5(10)4-6(11)9(12)14-8/h2,4,7H,1,3,13H2/t7-/m0/s1. The number of hydrogen-bond acceptors (Lipinski definition) is 2. The van der Waals surface area contributed by atoms with Gasteiger partial charge >= 0.3 is 0 Å². The third-order valence-corrected chi connectivity index (χ3v) is 1.69. The fraction of sp³-hybridized carbons (Fsp3) is 0.222. The summed E-state index contributed by atoms with van der Waals surface area (Å²) in [5, 5.41) is 0. The highest BCUT2D eigenvalue weighted by Gasteiger charge is 2.16. The number of rotatable bonds is 3. The van der Waals surface area contributed by atoms with Crippen LogP contribution in [0.1, 0.15) is 18.2 Å². The van der Waals surface area contributed by atoms with Gasteiger partial charge in [0.1, 0.15) is 5.82 Å². The molecule has 76 valence electrons. The predicted molar refractivity (Wildman–Crippen MR) is 45.9 cm³/mol. The fourth-order valence-electron chi connectivity index (χ4n) is 1.01. The minimum atomic E-state index is -1.35. The van der Waals surface area contributed by atoms with Crippen molar-refractivity contribution in [2.75, 3.05) is 0 Å². The van der Waals surface area contributed by atoms with Gasteiger partial charge in [-0.3, -0.25) is 0 Å². The second kappa shape index (κ2) is 4.23. The quantitative estimate of drug-likeness (QED) is 0.602. The molecule has 1 rings (SSSR count). The zero-order valence-corrected chi connectivity index (χ0v) is 7.30. The minimum absolute atomic E-state index is 0.245. The van der Waals surface area contributed by atoms with E-state index < -0.39 is 23.6 Å². The van der Waals surface area contributed by atoms with Crippen LogP contribution in [0, 0.1) is 17.6 Å². The first kappa shape index (κ1) is 10.7. The molecule has 0 unspecified atom stereocenters. The van der Waals surface area contributed by atoms with Crippen LogP contribution < -0.4 is 5.73 Å². The van der Waals surface area contributed by atoms with E-state index >= 15 is 0 Å². The highest BCUT2D eigenvalue weighted by atomic mass is 19.2. The second-order valence-electron chi connectivity index (χ2n) is 2.76. The molecule has 1 aromatic heterocycles. The summed E-state index contributed by atoms with van der Waals surface area (Å²) in [6, 6.07) is -0.372. The molecule has 0 radical (unpaired) electrons. The first-order valence-electron chi connectivity index (χ1n) is 3.94. The lowest BCUT2D eigenvalue weighted by Gasteiger charge is -2.09. The molecule has 2 N–H and O–H groups in total. The summed E-state index contributed by atoms with van der Waals surface area (Å²) < 4.78 is 38.1. The maximum absolute atomic E-state index is 13.0. The van der Waals surface area contributed by atoms with Crippen molar-refractivity contribution in [3.8, 4) is 0 Å². The van der Waals surface area contributed by atoms with Gasteiger partial charge in [-0.1, -0.05) is 6.08 Å². The Kier molecular flexibility index (Phi) is 3.24. The number of halogens is 3. The summed E-state index contributed by atoms with van der Waals surface area (Å²) in [5.74, 6) is -3.61. The van der Waals surface area contributed by atoms with Crippen LogP contribution in [0.5, 0.6) is 0 Å². The molecule has 0 aliphatic rings. The molecule has 1 aromatic rings. The normalized spacial score (nSPS) is 12.6. The zero-order valence-electron chi connectivity index (χ0n) is 7.30. The van der Waals surface area contributed by atoms with Crippen molar-refractivity contribution in [3.05, 3.63) is 42.0 Å². The van der Waals surface area contributed by atoms with Gasteiger partial charge in [0.05, 0.1) is 11.7 Å². The van der Waals surface area contributed by atoms with E-state index in [0.717, 1.165) is 0 Å². The Morgan fingerprint density at radius 1 is 1.43 bits per heavy atom. The van der Waals surface area contributed by atoms with Crippen LogP contribution in [0.4, 0.5) is 13.2 Å². The van der Waals surface area contributed by atoms with Crippen molar-refractivity contribution in [1.29, 1.82) is 0 Å². The number of aromatic nitrogens is 1. The highest BCUT2D eigenvalue weighted by molar-refractivity contribution is 5.14. The predicted octanol–water partition coefficient (Wildman–Crippen LogP) is 2.07. The Bertz CT molecular complexity index is 352. The molecule has 1 heterocycles. The average molecular weight is 202 g/mol. The van der Waals surface area contributed by atoms with Crippen LogP contribution >= 0.6 is 0 Å². The molecule has 0 amide bonds. The molecule has 0 bridgehead atoms. The van der Waals surface area contributed by atoms with E-state index in [1.165, 1.54) is 6.08 Å². The van der Waals surface area contributed by atoms with E-state index in [-0.39, 0.29) is 12.1 Å². The van der Waals surface area contributed by atoms with Gasteiger partial charge in [0, 0.05) is 6.07 Å². The van der Waals surface area contributed by atoms with Crippen LogP contribution in [0.2, 0.25) is 0 Å². The van der Waals surface area contributed by atoms with Gasteiger partial charge in [-0.15, -0.1) is 6.58 Å². The molecule has 0 aliphatic heterocycles. The van der Waals surface area contributed by atoms with Gasteiger partial charge in [-0.05, 0) is 6.42 Å². The molecular weight excluding hydrogens is 193 g/mol. The SMILES string of the molecule is C=CC[C@H](N)c1nc(F)c(F)cc1F. The molecule has 2 nitrogen and oxygen atoms in total. The van der Waals surface area contributed by atoms with E-state index in [1.54, 1.807) is 0 Å². The lowest BCUT2D eigenvalue weighted by molar-refractivity contribution is 0.447. The lowest BCUT2D eigenvalue weighted by Crippen LogP contribution is -2.14. The average Bonchev–Trinajstić information content (AvgIpc) is 2.11. The highest BCUT2D eigenvalue weighted by Crippen LogP contribution is 2.17. The van der Waals surface area contributed by atoms with Crippen LogP contribution in [0.15, 0.2) is 18.7 Å². The number of nitrogens with zero attached hydrogens (tertiary/aromatic N) is 1. The molecule has 0 aromatic carbocycles. The van der Waals surface area contributed by atoms with Crippen molar-refractivity contribution < 1.29 is 13.2 Å². The Labute approximate surface area is 79.3 Å². The Morgan fingerprint density at radius 3 is 2.64 bits per heavy atom. The van der Waals surface area contributed by atoms with Crippen LogP contribution in [0.3, 0.4) is 0 Å². The van der Waals surface area contributed by atoms with E-state index in [0.29, 0.717) is 6.07 Å². The number of nitrogens with two attached hydrogens (primary N) is 1. The van der Waals surface area contributed by atoms with E-state index in [9.17, 15) is 13.2 Å². The first-order valence-corrected chi connectivity index (χ1v) is 3.94. The summed E-state index contributed by atoms with van der Waals surface area (Å²) in [7, 11) is 0. The molecule has 0 aliphatic carbocycles. The maximum Gasteiger partial charge on any atom is 0.249 e. The summed E-state index contributed by atoms with van der Waals surface area (Å²) in [4.78, 5) is 3.10. The van der Waals surface area contributed by atoms with Gasteiger partial charge in [-0.25, -0.2) is 13.8 Å². The topological polar surface area (TPSA) is 38.9 Å². The van der Waals surface area contributed by atoms with Crippen LogP contribution in [0.25, 0.3) is 0 Å². The fourth-order valence-corrected chi connectivity index (χ4v) is 1.01. The monoisotopic (exact) mass is 202 g/mol. The van der Waals surface area contributed by atoms with Gasteiger partial charge in [0.15, 0.2) is 5.82 Å². The third kappa shape index (κ3) is 2.11. The lowest BCUT2D eigenvalue weighted by atomic mass is 10.1. The summed E-state index contributed by atoms with van der Waals surface area (Å²) >= 11 is 0. The summed E-state index contributed by atoms with van der Waals surface area (Å²) in [5.41, 5.74) is 5.17. The van der Waals surface area contributed by atoms with Crippen LogP contribution in [-0.4, -0.2) is 4.98 Å². The van der Waals surface area contributed by atoms with Crippen molar-refractivity contribution in [3.63, 3.8) is 0 Å². The van der Waals surface area contributed by atoms with Crippen molar-refractivity contribution in [2.45, 2.75) is 12.5 Å². The molecule has 0 saturated carbocycles. The Morgan fingerprint density at radius 2 is 2.07 bits per heavy atom. The number of pyridine rings is 1. The number of hydrogen-bond donors (Lipinski definition) is 1. The zero-order chi connectivity index (χ0) is 10.7. The molecule has 0 fully saturated rings. The molecule has 14 heavy (non-hydrogen) atoms. The van der Waals surface area contributed by atoms with Gasteiger partial charge in [-0.2, -0.15) is 4.39 Å². The molecular formula is C9H9F3N2. The molecule has 1 atom stereocenters. The molecule has 5 heteroatoms. The third-order valence-electron chi connectivity index (χ3n) is 1.69. The van der Waals surface area contributed by atoms with Crippen molar-refractivity contribution in [1.82, 2.24) is 4.98 Å². The van der Waals surface area contributed by atoms with E-state index in [1.807, 2.05) is 0 Å². The molecule has 0 saturated heterocycles. The van der Waals surface area contributed by atoms with Crippen molar-refractivity contribution in [2.24, 2.45) is 5.73 Å². The molecule has 0 spiro atoms. The van der Waals surface area contributed by atoms with E-state index in [2.05, 4.69) is 11.6 Å². The summed E-state index contributed by atoms with van der Waals surface area (Å²) in [6.45, 7) is 3.40. The summed E-state index contributed by atoms with van der Waals surface area (Å²) in [6.07, 6.45) is 1.70. The Balaban J connectivity index is 3.08. The second-order valence-corrected chi connectivity index (χ2v) is 2.76. The smallest absolute Gasteiger partial charge is 0.249 e. The first-order chi connectivity index (χ1) is 6.56.